The van der Waals surface area contributed by atoms with Crippen LogP contribution in [0, 0.1) is 10.1 Å². The summed E-state index contributed by atoms with van der Waals surface area (Å²) in [6.45, 7) is 2.53. The average molecular weight is 339 g/mol. The molecule has 2 heterocycles. The van der Waals surface area contributed by atoms with Crippen molar-refractivity contribution in [1.29, 1.82) is 0 Å². The lowest BCUT2D eigenvalue weighted by molar-refractivity contribution is -0.384. The topological polar surface area (TPSA) is 83.8 Å². The molecular weight excluding hydrogens is 318 g/mol. The van der Waals surface area contributed by atoms with Gasteiger partial charge in [-0.25, -0.2) is 8.42 Å². The van der Waals surface area contributed by atoms with Gasteiger partial charge >= 0.3 is 0 Å². The fourth-order valence-electron chi connectivity index (χ4n) is 3.29. The second-order valence-corrected chi connectivity index (χ2v) is 8.00. The van der Waals surface area contributed by atoms with Gasteiger partial charge in [-0.05, 0) is 37.8 Å². The van der Waals surface area contributed by atoms with Crippen molar-refractivity contribution in [2.24, 2.45) is 0 Å². The third-order valence-electron chi connectivity index (χ3n) is 4.54. The number of hydrogen-bond acceptors (Lipinski definition) is 5. The quantitative estimate of drug-likeness (QED) is 0.621. The molecule has 0 aliphatic carbocycles. The molecule has 126 valence electrons. The molecule has 7 nitrogen and oxygen atoms in total. The maximum absolute atomic E-state index is 12.7. The van der Waals surface area contributed by atoms with Crippen LogP contribution in [0.15, 0.2) is 23.1 Å². The SMILES string of the molecule is O=[N+]([O-])c1cc(S(=O)(=O)N2CCCCC2)ccc1N1CCCC1. The van der Waals surface area contributed by atoms with Crippen LogP contribution in [0.5, 0.6) is 0 Å². The van der Waals surface area contributed by atoms with Gasteiger partial charge in [0.1, 0.15) is 5.69 Å². The molecule has 0 amide bonds. The van der Waals surface area contributed by atoms with Gasteiger partial charge in [0.25, 0.3) is 5.69 Å². The zero-order chi connectivity index (χ0) is 16.4. The van der Waals surface area contributed by atoms with Gasteiger partial charge < -0.3 is 4.90 Å². The van der Waals surface area contributed by atoms with Crippen molar-refractivity contribution < 1.29 is 13.3 Å². The minimum Gasteiger partial charge on any atom is -0.366 e. The fourth-order valence-corrected chi connectivity index (χ4v) is 4.83. The van der Waals surface area contributed by atoms with Gasteiger partial charge in [-0.3, -0.25) is 10.1 Å². The van der Waals surface area contributed by atoms with E-state index in [0.29, 0.717) is 18.8 Å². The van der Waals surface area contributed by atoms with Gasteiger partial charge in [0.05, 0.1) is 9.82 Å². The molecule has 0 N–H and O–H groups in total. The standard InChI is InChI=1S/C15H21N3O4S/c19-18(20)15-12-13(6-7-14(15)16-8-4-5-9-16)23(21,22)17-10-2-1-3-11-17/h6-7,12H,1-5,8-11H2. The zero-order valence-corrected chi connectivity index (χ0v) is 13.8. The maximum atomic E-state index is 12.7. The second kappa shape index (κ2) is 6.45. The van der Waals surface area contributed by atoms with Crippen molar-refractivity contribution >= 4 is 21.4 Å². The second-order valence-electron chi connectivity index (χ2n) is 6.07. The lowest BCUT2D eigenvalue weighted by Gasteiger charge is -2.26. The monoisotopic (exact) mass is 339 g/mol. The van der Waals surface area contributed by atoms with E-state index in [0.717, 1.165) is 45.2 Å². The molecular formula is C15H21N3O4S. The summed E-state index contributed by atoms with van der Waals surface area (Å²) in [4.78, 5) is 12.9. The number of sulfonamides is 1. The Labute approximate surface area is 136 Å². The van der Waals surface area contributed by atoms with Crippen molar-refractivity contribution in [3.05, 3.63) is 28.3 Å². The summed E-state index contributed by atoms with van der Waals surface area (Å²) in [6.07, 6.45) is 4.72. The van der Waals surface area contributed by atoms with Gasteiger partial charge in [-0.2, -0.15) is 4.31 Å². The summed E-state index contributed by atoms with van der Waals surface area (Å²) in [5.74, 6) is 0. The van der Waals surface area contributed by atoms with Gasteiger partial charge in [-0.1, -0.05) is 6.42 Å². The van der Waals surface area contributed by atoms with E-state index < -0.39 is 14.9 Å². The first-order valence-electron chi connectivity index (χ1n) is 8.04. The van der Waals surface area contributed by atoms with E-state index in [4.69, 9.17) is 0 Å². The number of anilines is 1. The molecule has 1 aromatic carbocycles. The third kappa shape index (κ3) is 3.18. The Morgan fingerprint density at radius 2 is 1.57 bits per heavy atom. The van der Waals surface area contributed by atoms with Crippen LogP contribution >= 0.6 is 0 Å². The first-order chi connectivity index (χ1) is 11.0. The number of benzene rings is 1. The molecule has 2 aliphatic heterocycles. The Kier molecular flexibility index (Phi) is 4.54. The van der Waals surface area contributed by atoms with Crippen LogP contribution in [-0.2, 0) is 10.0 Å². The first-order valence-corrected chi connectivity index (χ1v) is 9.48. The summed E-state index contributed by atoms with van der Waals surface area (Å²) in [5, 5.41) is 11.4. The molecule has 0 aromatic heterocycles. The van der Waals surface area contributed by atoms with Crippen molar-refractivity contribution in [1.82, 2.24) is 4.31 Å². The summed E-state index contributed by atoms with van der Waals surface area (Å²) < 4.78 is 26.8. The largest absolute Gasteiger partial charge is 0.366 e. The highest BCUT2D eigenvalue weighted by atomic mass is 32.2. The minimum atomic E-state index is -3.65. The number of rotatable bonds is 4. The van der Waals surface area contributed by atoms with Crippen molar-refractivity contribution in [2.45, 2.75) is 37.0 Å². The third-order valence-corrected chi connectivity index (χ3v) is 6.44. The molecule has 2 saturated heterocycles. The Morgan fingerprint density at radius 3 is 2.17 bits per heavy atom. The highest BCUT2D eigenvalue weighted by Gasteiger charge is 2.30. The number of piperidine rings is 1. The predicted molar refractivity (Wildman–Crippen MR) is 87.2 cm³/mol. The van der Waals surface area contributed by atoms with Crippen LogP contribution in [0.4, 0.5) is 11.4 Å². The van der Waals surface area contributed by atoms with E-state index >= 15 is 0 Å². The van der Waals surface area contributed by atoms with E-state index in [9.17, 15) is 18.5 Å². The Balaban J connectivity index is 1.97. The number of nitro benzene ring substituents is 1. The average Bonchev–Trinajstić information content (AvgIpc) is 3.09. The van der Waals surface area contributed by atoms with Gasteiger partial charge in [0.2, 0.25) is 10.0 Å². The Hall–Kier alpha value is -1.67. The Bertz CT molecular complexity index is 693. The van der Waals surface area contributed by atoms with Crippen molar-refractivity contribution in [3.8, 4) is 0 Å². The predicted octanol–water partition coefficient (Wildman–Crippen LogP) is 2.37. The molecule has 8 heteroatoms. The molecule has 0 unspecified atom stereocenters. The van der Waals surface area contributed by atoms with E-state index in [1.54, 1.807) is 6.07 Å². The van der Waals surface area contributed by atoms with E-state index in [-0.39, 0.29) is 10.6 Å². The van der Waals surface area contributed by atoms with E-state index in [2.05, 4.69) is 0 Å². The summed E-state index contributed by atoms with van der Waals surface area (Å²) >= 11 is 0. The van der Waals surface area contributed by atoms with Gasteiger partial charge in [-0.15, -0.1) is 0 Å². The van der Waals surface area contributed by atoms with Crippen LogP contribution in [-0.4, -0.2) is 43.8 Å². The number of nitrogens with zero attached hydrogens (tertiary/aromatic N) is 3. The summed E-state index contributed by atoms with van der Waals surface area (Å²) in [7, 11) is -3.65. The van der Waals surface area contributed by atoms with Crippen LogP contribution in [0.3, 0.4) is 0 Å². The summed E-state index contributed by atoms with van der Waals surface area (Å²) in [6, 6.07) is 4.31. The van der Waals surface area contributed by atoms with E-state index in [1.807, 2.05) is 4.90 Å². The maximum Gasteiger partial charge on any atom is 0.293 e. The normalized spacial score (nSPS) is 19.9. The molecule has 1 aromatic rings. The molecule has 2 aliphatic rings. The molecule has 0 saturated carbocycles. The Morgan fingerprint density at radius 1 is 0.957 bits per heavy atom. The molecule has 0 spiro atoms. The smallest absolute Gasteiger partial charge is 0.293 e. The van der Waals surface area contributed by atoms with Crippen molar-refractivity contribution in [2.75, 3.05) is 31.1 Å². The molecule has 0 radical (unpaired) electrons. The highest BCUT2D eigenvalue weighted by Crippen LogP contribution is 2.34. The molecule has 3 rings (SSSR count). The van der Waals surface area contributed by atoms with Gasteiger partial charge in [0.15, 0.2) is 0 Å². The summed E-state index contributed by atoms with van der Waals surface area (Å²) in [5.41, 5.74) is 0.398. The molecule has 0 atom stereocenters. The van der Waals surface area contributed by atoms with Crippen LogP contribution < -0.4 is 4.90 Å². The van der Waals surface area contributed by atoms with E-state index in [1.165, 1.54) is 16.4 Å². The van der Waals surface area contributed by atoms with Crippen molar-refractivity contribution in [3.63, 3.8) is 0 Å². The first kappa shape index (κ1) is 16.2. The number of hydrogen-bond donors (Lipinski definition) is 0. The minimum absolute atomic E-state index is 0.0223. The fraction of sp³-hybridized carbons (Fsp3) is 0.600. The lowest BCUT2D eigenvalue weighted by Crippen LogP contribution is -2.35. The zero-order valence-electron chi connectivity index (χ0n) is 13.0. The molecule has 2 fully saturated rings. The molecule has 23 heavy (non-hydrogen) atoms. The van der Waals surface area contributed by atoms with Crippen LogP contribution in [0.25, 0.3) is 0 Å². The van der Waals surface area contributed by atoms with Gasteiger partial charge in [0, 0.05) is 32.2 Å². The number of nitro groups is 1. The van der Waals surface area contributed by atoms with Crippen LogP contribution in [0.1, 0.15) is 32.1 Å². The lowest BCUT2D eigenvalue weighted by atomic mass is 10.2. The van der Waals surface area contributed by atoms with Crippen LogP contribution in [0.2, 0.25) is 0 Å². The molecule has 0 bridgehead atoms. The highest BCUT2D eigenvalue weighted by molar-refractivity contribution is 7.89.